The molecular formula is C22H44N4O13S. The van der Waals surface area contributed by atoms with E-state index < -0.39 is 111 Å². The van der Waals surface area contributed by atoms with Crippen LogP contribution in [0, 0.1) is 0 Å². The van der Waals surface area contributed by atoms with Crippen LogP contribution in [0.3, 0.4) is 0 Å². The van der Waals surface area contributed by atoms with E-state index in [1.165, 1.54) is 0 Å². The Morgan fingerprint density at radius 2 is 1.30 bits per heavy atom. The van der Waals surface area contributed by atoms with Gasteiger partial charge in [-0.2, -0.15) is 12.6 Å². The van der Waals surface area contributed by atoms with Crippen LogP contribution in [0.2, 0.25) is 0 Å². The maximum Gasteiger partial charge on any atom is 0.178 e. The SMILES string of the molecule is N[C@H]1[C@@H](OC2[C@@H](CO)O[C@@H](OC3[C@@H](CO)O[C@@H](O)[C@H](N)[C@H]3O)[C@H](N)[C@H]2O)O[C@@](CO)(NCCCCS)[C@@H](O)[C@@H]1O. The van der Waals surface area contributed by atoms with Gasteiger partial charge in [-0.3, -0.25) is 5.32 Å². The largest absolute Gasteiger partial charge is 0.394 e. The van der Waals surface area contributed by atoms with Crippen LogP contribution in [0.15, 0.2) is 0 Å². The summed E-state index contributed by atoms with van der Waals surface area (Å²) in [6, 6.07) is -4.00. The van der Waals surface area contributed by atoms with E-state index in [1.54, 1.807) is 0 Å². The van der Waals surface area contributed by atoms with Crippen LogP contribution in [0.5, 0.6) is 0 Å². The first kappa shape index (κ1) is 34.2. The second kappa shape index (κ2) is 14.9. The number of unbranched alkanes of at least 4 members (excludes halogenated alkanes) is 1. The van der Waals surface area contributed by atoms with E-state index in [9.17, 15) is 40.9 Å². The van der Waals surface area contributed by atoms with Gasteiger partial charge in [0, 0.05) is 0 Å². The van der Waals surface area contributed by atoms with E-state index in [0.29, 0.717) is 12.2 Å². The van der Waals surface area contributed by atoms with Crippen LogP contribution in [-0.2, 0) is 23.7 Å². The number of nitrogens with two attached hydrogens (primary N) is 3. The van der Waals surface area contributed by atoms with Gasteiger partial charge in [0.15, 0.2) is 24.6 Å². The first-order valence-electron chi connectivity index (χ1n) is 13.1. The van der Waals surface area contributed by atoms with Crippen molar-refractivity contribution in [2.24, 2.45) is 17.2 Å². The summed E-state index contributed by atoms with van der Waals surface area (Å²) in [5.74, 6) is 0.617. The monoisotopic (exact) mass is 604 g/mol. The topological polar surface area (TPSA) is 298 Å². The molecule has 15 N–H and O–H groups in total. The zero-order chi connectivity index (χ0) is 29.8. The van der Waals surface area contributed by atoms with Gasteiger partial charge >= 0.3 is 0 Å². The average molecular weight is 605 g/mol. The summed E-state index contributed by atoms with van der Waals surface area (Å²) >= 11 is 4.14. The van der Waals surface area contributed by atoms with Gasteiger partial charge in [0.2, 0.25) is 0 Å². The number of hydrogen-bond acceptors (Lipinski definition) is 18. The summed E-state index contributed by atoms with van der Waals surface area (Å²) < 4.78 is 28.3. The zero-order valence-electron chi connectivity index (χ0n) is 21.8. The summed E-state index contributed by atoms with van der Waals surface area (Å²) in [6.07, 6.45) is -14.8. The fourth-order valence-electron chi connectivity index (χ4n) is 4.95. The highest BCUT2D eigenvalue weighted by Gasteiger charge is 2.56. The molecule has 0 aliphatic carbocycles. The number of aliphatic hydroxyl groups is 8. The smallest absolute Gasteiger partial charge is 0.178 e. The van der Waals surface area contributed by atoms with Crippen molar-refractivity contribution >= 4 is 12.6 Å². The molecule has 0 radical (unpaired) electrons. The van der Waals surface area contributed by atoms with E-state index >= 15 is 0 Å². The Morgan fingerprint density at radius 1 is 0.750 bits per heavy atom. The molecule has 0 aromatic heterocycles. The first-order chi connectivity index (χ1) is 19.0. The molecule has 2 unspecified atom stereocenters. The van der Waals surface area contributed by atoms with E-state index in [2.05, 4.69) is 17.9 Å². The van der Waals surface area contributed by atoms with Gasteiger partial charge in [-0.1, -0.05) is 0 Å². The molecular weight excluding hydrogens is 560 g/mol. The van der Waals surface area contributed by atoms with Gasteiger partial charge in [0.05, 0.1) is 37.9 Å². The summed E-state index contributed by atoms with van der Waals surface area (Å²) in [7, 11) is 0. The van der Waals surface area contributed by atoms with Crippen LogP contribution < -0.4 is 22.5 Å². The summed E-state index contributed by atoms with van der Waals surface area (Å²) in [4.78, 5) is 0. The van der Waals surface area contributed by atoms with Crippen molar-refractivity contribution in [2.45, 2.75) is 104 Å². The molecule has 17 nitrogen and oxygen atoms in total. The first-order valence-corrected chi connectivity index (χ1v) is 13.7. The van der Waals surface area contributed by atoms with Gasteiger partial charge in [-0.05, 0) is 25.1 Å². The Kier molecular flexibility index (Phi) is 12.7. The minimum Gasteiger partial charge on any atom is -0.394 e. The molecule has 3 heterocycles. The van der Waals surface area contributed by atoms with Crippen molar-refractivity contribution in [2.75, 3.05) is 32.1 Å². The molecule has 18 heteroatoms. The quantitative estimate of drug-likeness (QED) is 0.0727. The molecule has 3 aliphatic heterocycles. The van der Waals surface area contributed by atoms with Crippen molar-refractivity contribution in [3.05, 3.63) is 0 Å². The molecule has 3 fully saturated rings. The summed E-state index contributed by atoms with van der Waals surface area (Å²) in [5, 5.41) is 85.2. The normalized spacial score (nSPS) is 48.3. The maximum absolute atomic E-state index is 11.0. The summed E-state index contributed by atoms with van der Waals surface area (Å²) in [5.41, 5.74) is 16.1. The van der Waals surface area contributed by atoms with Crippen LogP contribution >= 0.6 is 12.6 Å². The minimum absolute atomic E-state index is 0.289. The van der Waals surface area contributed by atoms with E-state index in [0.717, 1.165) is 6.42 Å². The Morgan fingerprint density at radius 3 is 1.88 bits per heavy atom. The number of hydrogen-bond donors (Lipinski definition) is 13. The second-order valence-corrected chi connectivity index (χ2v) is 10.7. The number of ether oxygens (including phenoxy) is 5. The van der Waals surface area contributed by atoms with Gasteiger partial charge in [0.1, 0.15) is 48.8 Å². The highest BCUT2D eigenvalue weighted by Crippen LogP contribution is 2.33. The third-order valence-electron chi connectivity index (χ3n) is 7.48. The number of nitrogens with one attached hydrogen (secondary N) is 1. The third kappa shape index (κ3) is 7.07. The minimum atomic E-state index is -1.86. The highest BCUT2D eigenvalue weighted by molar-refractivity contribution is 7.80. The lowest BCUT2D eigenvalue weighted by atomic mass is 9.91. The molecule has 236 valence electrons. The molecule has 0 bridgehead atoms. The molecule has 0 aromatic rings. The van der Waals surface area contributed by atoms with E-state index in [1.807, 2.05) is 0 Å². The van der Waals surface area contributed by atoms with E-state index in [-0.39, 0.29) is 6.54 Å². The van der Waals surface area contributed by atoms with Gasteiger partial charge in [-0.25, -0.2) is 0 Å². The maximum atomic E-state index is 11.0. The molecule has 0 spiro atoms. The standard InChI is InChI=1S/C22H44N4O13S/c23-10-13(30)16(8(5-27)35-19(10)34)37-20-11(24)14(31)17(9(6-28)36-20)38-21-12(25)15(32)18(33)22(7-29,39-21)26-3-1-2-4-40/h8-21,26-34,40H,1-7,23-25H2/t8-,9-,10-,11-,12-,13-,14-,15-,16?,17?,18+,19-,20+,21+,22-/m1/s1. The molecule has 3 saturated heterocycles. The Balaban J connectivity index is 1.74. The van der Waals surface area contributed by atoms with Crippen molar-refractivity contribution in [3.8, 4) is 0 Å². The van der Waals surface area contributed by atoms with Gasteiger partial charge < -0.3 is 81.7 Å². The Labute approximate surface area is 236 Å². The summed E-state index contributed by atoms with van der Waals surface area (Å²) in [6.45, 7) is -1.86. The predicted molar refractivity (Wildman–Crippen MR) is 137 cm³/mol. The molecule has 0 saturated carbocycles. The lowest BCUT2D eigenvalue weighted by Crippen LogP contribution is -2.74. The Bertz CT molecular complexity index is 778. The van der Waals surface area contributed by atoms with Crippen LogP contribution in [0.4, 0.5) is 0 Å². The second-order valence-electron chi connectivity index (χ2n) is 10.2. The molecule has 15 atom stereocenters. The number of aliphatic hydroxyl groups excluding tert-OH is 8. The lowest BCUT2D eigenvalue weighted by molar-refractivity contribution is -0.364. The van der Waals surface area contributed by atoms with Crippen molar-refractivity contribution < 1.29 is 64.5 Å². The van der Waals surface area contributed by atoms with E-state index in [4.69, 9.17) is 40.9 Å². The molecule has 40 heavy (non-hydrogen) atoms. The average Bonchev–Trinajstić information content (AvgIpc) is 2.95. The van der Waals surface area contributed by atoms with Gasteiger partial charge in [-0.15, -0.1) is 0 Å². The molecule has 3 rings (SSSR count). The third-order valence-corrected chi connectivity index (χ3v) is 7.80. The lowest BCUT2D eigenvalue weighted by Gasteiger charge is -2.51. The highest BCUT2D eigenvalue weighted by atomic mass is 32.1. The van der Waals surface area contributed by atoms with Crippen LogP contribution in [0.25, 0.3) is 0 Å². The van der Waals surface area contributed by atoms with Crippen molar-refractivity contribution in [1.29, 1.82) is 0 Å². The number of rotatable bonds is 12. The van der Waals surface area contributed by atoms with Crippen molar-refractivity contribution in [1.82, 2.24) is 5.32 Å². The van der Waals surface area contributed by atoms with Gasteiger partial charge in [0.25, 0.3) is 0 Å². The Hall–Kier alpha value is -0.330. The fraction of sp³-hybridized carbons (Fsp3) is 1.00. The van der Waals surface area contributed by atoms with Crippen LogP contribution in [0.1, 0.15) is 12.8 Å². The van der Waals surface area contributed by atoms with Crippen molar-refractivity contribution in [3.63, 3.8) is 0 Å². The predicted octanol–water partition coefficient (Wildman–Crippen LogP) is -7.05. The number of thiol groups is 1. The van der Waals surface area contributed by atoms with Crippen LogP contribution in [-0.4, -0.2) is 165 Å². The molecule has 0 aromatic carbocycles. The molecule has 0 amide bonds. The molecule has 3 aliphatic rings. The fourth-order valence-corrected chi connectivity index (χ4v) is 5.17. The zero-order valence-corrected chi connectivity index (χ0v) is 22.7.